The van der Waals surface area contributed by atoms with Crippen LogP contribution in [0.15, 0.2) is 24.3 Å². The van der Waals surface area contributed by atoms with Gasteiger partial charge in [0.05, 0.1) is 0 Å². The van der Waals surface area contributed by atoms with E-state index < -0.39 is 8.07 Å². The molecular weight excluding hydrogens is 281 g/mol. The van der Waals surface area contributed by atoms with Crippen LogP contribution in [0.1, 0.15) is 0 Å². The Hall–Kier alpha value is 1.02. The molecule has 0 N–H and O–H groups in total. The van der Waals surface area contributed by atoms with Crippen LogP contribution in [0.3, 0.4) is 0 Å². The summed E-state index contributed by atoms with van der Waals surface area (Å²) in [5.74, 6) is 0. The topological polar surface area (TPSA) is 0 Å². The van der Waals surface area contributed by atoms with E-state index in [0.29, 0.717) is 0 Å². The Kier molecular flexibility index (Phi) is 17.4. The van der Waals surface area contributed by atoms with E-state index in [9.17, 15) is 0 Å². The van der Waals surface area contributed by atoms with Crippen LogP contribution in [0.5, 0.6) is 0 Å². The molecule has 1 radical (unpaired) electrons. The van der Waals surface area contributed by atoms with Crippen LogP contribution < -0.4 is 42.4 Å². The summed E-state index contributed by atoms with van der Waals surface area (Å²) < 4.78 is 0. The van der Waals surface area contributed by atoms with Gasteiger partial charge in [-0.25, -0.2) is 12.1 Å². The van der Waals surface area contributed by atoms with Crippen molar-refractivity contribution in [1.82, 2.24) is 0 Å². The van der Waals surface area contributed by atoms with Gasteiger partial charge in [0.25, 0.3) is 0 Å². The van der Waals surface area contributed by atoms with Crippen LogP contribution in [0.4, 0.5) is 0 Å². The molecule has 0 saturated heterocycles. The fourth-order valence-corrected chi connectivity index (χ4v) is 2.07. The van der Waals surface area contributed by atoms with E-state index in [4.69, 9.17) is 0 Å². The van der Waals surface area contributed by atoms with Crippen molar-refractivity contribution >= 4 is 13.3 Å². The SMILES string of the molecule is C[Si](C)(C)[c-]1cccc1.[Cl-].[Cl-].[Cl-].[V+4]. The molecule has 1 aromatic carbocycles. The molecule has 0 heterocycles. The molecule has 0 bridgehead atoms. The molecule has 0 aliphatic carbocycles. The minimum Gasteiger partial charge on any atom is -1.00 e. The molecule has 0 fully saturated rings. The van der Waals surface area contributed by atoms with Crippen molar-refractivity contribution < 1.29 is 55.8 Å². The monoisotopic (exact) mass is 293 g/mol. The summed E-state index contributed by atoms with van der Waals surface area (Å²) in [7, 11) is -0.981. The van der Waals surface area contributed by atoms with Gasteiger partial charge in [-0.1, -0.05) is 19.6 Å². The molecule has 0 saturated carbocycles. The van der Waals surface area contributed by atoms with Gasteiger partial charge >= 0.3 is 18.6 Å². The molecule has 0 aliphatic heterocycles. The average molecular weight is 295 g/mol. The first-order valence-electron chi connectivity index (χ1n) is 3.33. The molecule has 0 amide bonds. The van der Waals surface area contributed by atoms with Gasteiger partial charge < -0.3 is 37.2 Å². The molecule has 0 nitrogen and oxygen atoms in total. The van der Waals surface area contributed by atoms with Gasteiger partial charge in [0.2, 0.25) is 0 Å². The number of hydrogen-bond acceptors (Lipinski definition) is 0. The van der Waals surface area contributed by atoms with Gasteiger partial charge in [-0.3, -0.25) is 0 Å². The third-order valence-corrected chi connectivity index (χ3v) is 3.59. The zero-order valence-corrected chi connectivity index (χ0v) is 12.6. The van der Waals surface area contributed by atoms with Crippen molar-refractivity contribution in [2.45, 2.75) is 19.6 Å². The van der Waals surface area contributed by atoms with E-state index in [-0.39, 0.29) is 55.8 Å². The van der Waals surface area contributed by atoms with Crippen molar-refractivity contribution in [3.05, 3.63) is 24.3 Å². The van der Waals surface area contributed by atoms with Gasteiger partial charge in [-0.05, 0) is 0 Å². The summed E-state index contributed by atoms with van der Waals surface area (Å²) in [5, 5.41) is 1.56. The third-order valence-electron chi connectivity index (χ3n) is 1.53. The van der Waals surface area contributed by atoms with E-state index >= 15 is 0 Å². The summed E-state index contributed by atoms with van der Waals surface area (Å²) in [6, 6.07) is 8.69. The molecule has 0 atom stereocenters. The number of halogens is 3. The van der Waals surface area contributed by atoms with E-state index in [1.165, 1.54) is 0 Å². The minimum absolute atomic E-state index is 0. The van der Waals surface area contributed by atoms with Gasteiger partial charge in [0.15, 0.2) is 0 Å². The smallest absolute Gasteiger partial charge is 1.00 e. The summed E-state index contributed by atoms with van der Waals surface area (Å²) in [6.45, 7) is 7.09. The summed E-state index contributed by atoms with van der Waals surface area (Å²) in [5.41, 5.74) is 0. The van der Waals surface area contributed by atoms with Gasteiger partial charge in [-0.15, -0.1) is 0 Å². The molecule has 13 heavy (non-hydrogen) atoms. The fourth-order valence-electron chi connectivity index (χ4n) is 0.874. The van der Waals surface area contributed by atoms with E-state index in [2.05, 4.69) is 43.9 Å². The van der Waals surface area contributed by atoms with Gasteiger partial charge in [0, 0.05) is 8.07 Å². The predicted octanol–water partition coefficient (Wildman–Crippen LogP) is -7.04. The van der Waals surface area contributed by atoms with Crippen molar-refractivity contribution in [2.75, 3.05) is 0 Å². The first-order chi connectivity index (χ1) is 4.11. The Bertz CT molecular complexity index is 182. The van der Waals surface area contributed by atoms with Gasteiger partial charge in [-0.2, -0.15) is 17.3 Å². The van der Waals surface area contributed by atoms with Crippen LogP contribution in [0, 0.1) is 0 Å². The zero-order chi connectivity index (χ0) is 6.91. The standard InChI is InChI=1S/C8H13Si.3ClH.V/c1-9(2,3)8-6-4-5-7-8;;;;/h4-7H,1-3H3;3*1H;/q-1;;;;+4/p-3. The summed E-state index contributed by atoms with van der Waals surface area (Å²) >= 11 is 0. The first kappa shape index (κ1) is 23.7. The maximum Gasteiger partial charge on any atom is 4.00 e. The normalized spacial score (nSPS) is 8.23. The molecule has 75 valence electrons. The largest absolute Gasteiger partial charge is 4.00 e. The third kappa shape index (κ3) is 8.05. The summed E-state index contributed by atoms with van der Waals surface area (Å²) in [4.78, 5) is 0. The molecule has 5 heteroatoms. The number of hydrogen-bond donors (Lipinski definition) is 0. The fraction of sp³-hybridized carbons (Fsp3) is 0.375. The van der Waals surface area contributed by atoms with Crippen LogP contribution in [0.2, 0.25) is 19.6 Å². The summed E-state index contributed by atoms with van der Waals surface area (Å²) in [6.07, 6.45) is 0. The van der Waals surface area contributed by atoms with Crippen LogP contribution in [-0.4, -0.2) is 8.07 Å². The Balaban J connectivity index is -0.000000101. The molecule has 0 spiro atoms. The zero-order valence-electron chi connectivity index (χ0n) is 7.89. The van der Waals surface area contributed by atoms with Gasteiger partial charge in [0.1, 0.15) is 0 Å². The van der Waals surface area contributed by atoms with Crippen LogP contribution in [-0.2, 0) is 18.6 Å². The Labute approximate surface area is 112 Å². The van der Waals surface area contributed by atoms with Crippen molar-refractivity contribution in [3.63, 3.8) is 0 Å². The van der Waals surface area contributed by atoms with Crippen molar-refractivity contribution in [3.8, 4) is 0 Å². The Morgan fingerprint density at radius 2 is 1.15 bits per heavy atom. The molecule has 0 aromatic heterocycles. The first-order valence-corrected chi connectivity index (χ1v) is 6.83. The second-order valence-corrected chi connectivity index (χ2v) is 8.50. The Morgan fingerprint density at radius 3 is 1.31 bits per heavy atom. The minimum atomic E-state index is -0.981. The van der Waals surface area contributed by atoms with E-state index in [1.54, 1.807) is 5.19 Å². The number of rotatable bonds is 1. The quantitative estimate of drug-likeness (QED) is 0.357. The molecule has 1 rings (SSSR count). The van der Waals surface area contributed by atoms with E-state index in [1.807, 2.05) is 0 Å². The maximum atomic E-state index is 2.36. The second kappa shape index (κ2) is 9.57. The average Bonchev–Trinajstić information content (AvgIpc) is 2.08. The van der Waals surface area contributed by atoms with Crippen molar-refractivity contribution in [2.24, 2.45) is 0 Å². The molecule has 0 unspecified atom stereocenters. The predicted molar refractivity (Wildman–Crippen MR) is 45.0 cm³/mol. The molecule has 0 aliphatic rings. The van der Waals surface area contributed by atoms with Crippen molar-refractivity contribution in [1.29, 1.82) is 0 Å². The molecule has 1 aromatic rings. The van der Waals surface area contributed by atoms with Crippen LogP contribution in [0.25, 0.3) is 0 Å². The van der Waals surface area contributed by atoms with Crippen LogP contribution >= 0.6 is 0 Å². The maximum absolute atomic E-state index is 2.36. The Morgan fingerprint density at radius 1 is 0.846 bits per heavy atom. The van der Waals surface area contributed by atoms with E-state index in [0.717, 1.165) is 0 Å². The second-order valence-electron chi connectivity index (χ2n) is 3.42. The molecular formula is C8H13Cl3SiV.